The Morgan fingerprint density at radius 3 is 2.59 bits per heavy atom. The minimum absolute atomic E-state index is 0.275. The quantitative estimate of drug-likeness (QED) is 0.894. The van der Waals surface area contributed by atoms with Gasteiger partial charge in [0.1, 0.15) is 5.76 Å². The van der Waals surface area contributed by atoms with Crippen LogP contribution in [-0.2, 0) is 5.75 Å². The molecule has 4 heteroatoms. The fraction of sp³-hybridized carbons (Fsp3) is 0.231. The highest BCUT2D eigenvalue weighted by Crippen LogP contribution is 2.31. The number of rotatable bonds is 5. The predicted octanol–water partition coefficient (Wildman–Crippen LogP) is 3.87. The van der Waals surface area contributed by atoms with Crippen LogP contribution in [-0.4, -0.2) is 6.54 Å². The van der Waals surface area contributed by atoms with E-state index < -0.39 is 0 Å². The minimum atomic E-state index is 0.275. The standard InChI is InChI=1S/C13H14ClNOS/c14-11-5-3-10(4-6-11)13(8-15)17-9-12-2-1-7-16-12/h1-7,13H,8-9,15H2. The molecule has 17 heavy (non-hydrogen) atoms. The Labute approximate surface area is 110 Å². The van der Waals surface area contributed by atoms with Crippen LogP contribution >= 0.6 is 23.4 Å². The summed E-state index contributed by atoms with van der Waals surface area (Å²) in [6.07, 6.45) is 1.69. The van der Waals surface area contributed by atoms with E-state index in [9.17, 15) is 0 Å². The lowest BCUT2D eigenvalue weighted by Gasteiger charge is -2.14. The first-order valence-electron chi connectivity index (χ1n) is 5.39. The van der Waals surface area contributed by atoms with E-state index in [2.05, 4.69) is 0 Å². The number of hydrogen-bond donors (Lipinski definition) is 1. The van der Waals surface area contributed by atoms with E-state index in [1.54, 1.807) is 18.0 Å². The topological polar surface area (TPSA) is 39.2 Å². The molecule has 90 valence electrons. The zero-order valence-corrected chi connectivity index (χ0v) is 10.9. The Bertz CT molecular complexity index is 441. The Balaban J connectivity index is 1.99. The van der Waals surface area contributed by atoms with Gasteiger partial charge in [-0.1, -0.05) is 23.7 Å². The van der Waals surface area contributed by atoms with Gasteiger partial charge in [-0.05, 0) is 29.8 Å². The van der Waals surface area contributed by atoms with Crippen molar-refractivity contribution in [2.24, 2.45) is 5.73 Å². The SMILES string of the molecule is NCC(SCc1ccco1)c1ccc(Cl)cc1. The van der Waals surface area contributed by atoms with Gasteiger partial charge in [0.15, 0.2) is 0 Å². The highest BCUT2D eigenvalue weighted by Gasteiger charge is 2.11. The van der Waals surface area contributed by atoms with Crippen LogP contribution in [0.3, 0.4) is 0 Å². The van der Waals surface area contributed by atoms with Gasteiger partial charge in [-0.3, -0.25) is 0 Å². The van der Waals surface area contributed by atoms with Gasteiger partial charge in [-0.2, -0.15) is 0 Å². The van der Waals surface area contributed by atoms with Crippen molar-refractivity contribution in [2.45, 2.75) is 11.0 Å². The molecule has 0 saturated carbocycles. The van der Waals surface area contributed by atoms with Crippen LogP contribution in [0.1, 0.15) is 16.6 Å². The molecule has 0 bridgehead atoms. The van der Waals surface area contributed by atoms with Crippen LogP contribution in [0.2, 0.25) is 5.02 Å². The molecule has 0 radical (unpaired) electrons. The summed E-state index contributed by atoms with van der Waals surface area (Å²) >= 11 is 7.64. The maximum absolute atomic E-state index is 5.86. The summed E-state index contributed by atoms with van der Waals surface area (Å²) in [5.41, 5.74) is 7.00. The molecule has 1 unspecified atom stereocenters. The first-order valence-corrected chi connectivity index (χ1v) is 6.82. The van der Waals surface area contributed by atoms with E-state index in [1.165, 1.54) is 5.56 Å². The zero-order valence-electron chi connectivity index (χ0n) is 9.30. The van der Waals surface area contributed by atoms with E-state index in [1.807, 2.05) is 36.4 Å². The summed E-state index contributed by atoms with van der Waals surface area (Å²) in [6.45, 7) is 0.604. The highest BCUT2D eigenvalue weighted by atomic mass is 35.5. The lowest BCUT2D eigenvalue weighted by molar-refractivity contribution is 0.530. The van der Waals surface area contributed by atoms with Gasteiger partial charge in [-0.25, -0.2) is 0 Å². The second-order valence-corrected chi connectivity index (χ2v) is 5.29. The van der Waals surface area contributed by atoms with Gasteiger partial charge in [0.25, 0.3) is 0 Å². The van der Waals surface area contributed by atoms with Gasteiger partial charge in [0.2, 0.25) is 0 Å². The lowest BCUT2D eigenvalue weighted by Crippen LogP contribution is -2.09. The molecule has 0 aliphatic heterocycles. The van der Waals surface area contributed by atoms with Crippen molar-refractivity contribution in [3.8, 4) is 0 Å². The third kappa shape index (κ3) is 3.53. The van der Waals surface area contributed by atoms with Crippen molar-refractivity contribution in [2.75, 3.05) is 6.54 Å². The maximum Gasteiger partial charge on any atom is 0.113 e. The number of nitrogens with two attached hydrogens (primary N) is 1. The number of hydrogen-bond acceptors (Lipinski definition) is 3. The Hall–Kier alpha value is -0.900. The second kappa shape index (κ2) is 6.15. The molecule has 0 spiro atoms. The van der Waals surface area contributed by atoms with Crippen molar-refractivity contribution >= 4 is 23.4 Å². The molecule has 1 heterocycles. The van der Waals surface area contributed by atoms with Crippen LogP contribution in [0, 0.1) is 0 Å². The molecule has 2 nitrogen and oxygen atoms in total. The van der Waals surface area contributed by atoms with Crippen LogP contribution in [0.4, 0.5) is 0 Å². The van der Waals surface area contributed by atoms with E-state index in [0.717, 1.165) is 16.5 Å². The zero-order chi connectivity index (χ0) is 12.1. The van der Waals surface area contributed by atoms with Crippen LogP contribution in [0.25, 0.3) is 0 Å². The highest BCUT2D eigenvalue weighted by molar-refractivity contribution is 7.98. The molecule has 1 aromatic heterocycles. The number of halogens is 1. The van der Waals surface area contributed by atoms with E-state index in [4.69, 9.17) is 21.8 Å². The van der Waals surface area contributed by atoms with Crippen LogP contribution in [0.5, 0.6) is 0 Å². The molecule has 1 aromatic carbocycles. The molecular formula is C13H14ClNOS. The molecule has 2 aromatic rings. The number of furan rings is 1. The van der Waals surface area contributed by atoms with Crippen molar-refractivity contribution in [1.29, 1.82) is 0 Å². The molecule has 0 saturated heterocycles. The molecule has 0 fully saturated rings. The lowest BCUT2D eigenvalue weighted by atomic mass is 10.1. The van der Waals surface area contributed by atoms with Gasteiger partial charge < -0.3 is 10.2 Å². The summed E-state index contributed by atoms with van der Waals surface area (Å²) in [5, 5.41) is 1.03. The molecule has 0 aliphatic carbocycles. The first kappa shape index (κ1) is 12.6. The van der Waals surface area contributed by atoms with Gasteiger partial charge in [0, 0.05) is 16.8 Å². The number of benzene rings is 1. The normalized spacial score (nSPS) is 12.6. The monoisotopic (exact) mass is 267 g/mol. The van der Waals surface area contributed by atoms with Crippen molar-refractivity contribution < 1.29 is 4.42 Å². The Kier molecular flexibility index (Phi) is 4.54. The Morgan fingerprint density at radius 2 is 2.00 bits per heavy atom. The molecular weight excluding hydrogens is 254 g/mol. The molecule has 1 atom stereocenters. The fourth-order valence-corrected chi connectivity index (χ4v) is 2.70. The first-order chi connectivity index (χ1) is 8.29. The average molecular weight is 268 g/mol. The van der Waals surface area contributed by atoms with Crippen molar-refractivity contribution in [3.05, 3.63) is 59.0 Å². The summed E-state index contributed by atoms with van der Waals surface area (Å²) in [5.74, 6) is 1.81. The predicted molar refractivity (Wildman–Crippen MR) is 73.3 cm³/mol. The smallest absolute Gasteiger partial charge is 0.113 e. The van der Waals surface area contributed by atoms with E-state index in [-0.39, 0.29) is 5.25 Å². The number of thioether (sulfide) groups is 1. The maximum atomic E-state index is 5.86. The largest absolute Gasteiger partial charge is 0.468 e. The average Bonchev–Trinajstić information content (AvgIpc) is 2.85. The molecule has 0 aliphatic rings. The van der Waals surface area contributed by atoms with Crippen LogP contribution in [0.15, 0.2) is 47.1 Å². The van der Waals surface area contributed by atoms with Crippen molar-refractivity contribution in [3.63, 3.8) is 0 Å². The van der Waals surface area contributed by atoms with Gasteiger partial charge in [0.05, 0.1) is 12.0 Å². The van der Waals surface area contributed by atoms with Crippen molar-refractivity contribution in [1.82, 2.24) is 0 Å². The summed E-state index contributed by atoms with van der Waals surface area (Å²) in [4.78, 5) is 0. The summed E-state index contributed by atoms with van der Waals surface area (Å²) in [7, 11) is 0. The molecule has 2 N–H and O–H groups in total. The fourth-order valence-electron chi connectivity index (χ4n) is 1.56. The Morgan fingerprint density at radius 1 is 1.24 bits per heavy atom. The van der Waals surface area contributed by atoms with Crippen LogP contribution < -0.4 is 5.73 Å². The van der Waals surface area contributed by atoms with E-state index >= 15 is 0 Å². The van der Waals surface area contributed by atoms with Gasteiger partial charge in [-0.15, -0.1) is 11.8 Å². The third-order valence-electron chi connectivity index (χ3n) is 2.46. The second-order valence-electron chi connectivity index (χ2n) is 3.67. The molecule has 0 amide bonds. The minimum Gasteiger partial charge on any atom is -0.468 e. The van der Waals surface area contributed by atoms with Gasteiger partial charge >= 0.3 is 0 Å². The summed E-state index contributed by atoms with van der Waals surface area (Å²) < 4.78 is 5.30. The third-order valence-corrected chi connectivity index (χ3v) is 4.03. The van der Waals surface area contributed by atoms with E-state index in [0.29, 0.717) is 6.54 Å². The molecule has 2 rings (SSSR count). The summed E-state index contributed by atoms with van der Waals surface area (Å²) in [6, 6.07) is 11.7.